The van der Waals surface area contributed by atoms with Gasteiger partial charge in [0.05, 0.1) is 18.4 Å². The number of aliphatic hydroxyl groups is 1. The summed E-state index contributed by atoms with van der Waals surface area (Å²) in [6, 6.07) is 5.95. The third-order valence-corrected chi connectivity index (χ3v) is 2.64. The number of para-hydroxylation sites is 1. The molecule has 0 aliphatic rings. The summed E-state index contributed by atoms with van der Waals surface area (Å²) < 4.78 is 28.8. The van der Waals surface area contributed by atoms with Crippen LogP contribution < -0.4 is 4.72 Å². The van der Waals surface area contributed by atoms with E-state index < -0.39 is 21.9 Å². The monoisotopic (exact) mass is 245 g/mol. The molecule has 1 aromatic carbocycles. The van der Waals surface area contributed by atoms with Gasteiger partial charge < -0.3 is 9.84 Å². The summed E-state index contributed by atoms with van der Waals surface area (Å²) in [4.78, 5) is 11.3. The van der Waals surface area contributed by atoms with Gasteiger partial charge in [0.2, 0.25) is 0 Å². The van der Waals surface area contributed by atoms with E-state index in [1.54, 1.807) is 12.1 Å². The summed E-state index contributed by atoms with van der Waals surface area (Å²) in [6.07, 6.45) is 0. The summed E-state index contributed by atoms with van der Waals surface area (Å²) in [6.45, 7) is 0. The molecule has 0 spiro atoms. The van der Waals surface area contributed by atoms with Crippen LogP contribution in [0.4, 0.5) is 5.69 Å². The first-order chi connectivity index (χ1) is 7.50. The Kier molecular flexibility index (Phi) is 3.86. The maximum Gasteiger partial charge on any atom is 0.339 e. The molecule has 16 heavy (non-hydrogen) atoms. The molecular formula is C9H11NO5S. The molecule has 0 bridgehead atoms. The predicted octanol–water partition coefficient (Wildman–Crippen LogP) is 0.165. The summed E-state index contributed by atoms with van der Waals surface area (Å²) in [5.74, 6) is -1.71. The first kappa shape index (κ1) is 12.5. The van der Waals surface area contributed by atoms with Crippen LogP contribution in [0.5, 0.6) is 0 Å². The van der Waals surface area contributed by atoms with E-state index in [-0.39, 0.29) is 11.3 Å². The molecule has 0 aliphatic heterocycles. The molecule has 0 saturated heterocycles. The zero-order chi connectivity index (χ0) is 12.2. The summed E-state index contributed by atoms with van der Waals surface area (Å²) in [7, 11) is -2.64. The minimum Gasteiger partial charge on any atom is -0.465 e. The number of sulfonamides is 1. The highest BCUT2D eigenvalue weighted by Gasteiger charge is 2.15. The zero-order valence-electron chi connectivity index (χ0n) is 8.50. The number of anilines is 1. The van der Waals surface area contributed by atoms with Gasteiger partial charge in [-0.15, -0.1) is 0 Å². The van der Waals surface area contributed by atoms with Crippen LogP contribution in [0.25, 0.3) is 0 Å². The number of carbonyl (C=O) groups is 1. The molecule has 0 aromatic heterocycles. The molecule has 6 nitrogen and oxygen atoms in total. The summed E-state index contributed by atoms with van der Waals surface area (Å²) >= 11 is 0. The number of ether oxygens (including phenoxy) is 1. The van der Waals surface area contributed by atoms with Crippen LogP contribution in [0.15, 0.2) is 24.3 Å². The number of aliphatic hydroxyl groups excluding tert-OH is 1. The van der Waals surface area contributed by atoms with Crippen LogP contribution in [-0.2, 0) is 14.8 Å². The fraction of sp³-hybridized carbons (Fsp3) is 0.222. The van der Waals surface area contributed by atoms with Gasteiger partial charge in [0, 0.05) is 0 Å². The molecule has 0 radical (unpaired) electrons. The molecule has 0 aliphatic carbocycles. The Morgan fingerprint density at radius 3 is 2.62 bits per heavy atom. The van der Waals surface area contributed by atoms with Crippen molar-refractivity contribution < 1.29 is 23.1 Å². The van der Waals surface area contributed by atoms with E-state index in [9.17, 15) is 13.2 Å². The van der Waals surface area contributed by atoms with Gasteiger partial charge in [-0.05, 0) is 12.1 Å². The molecule has 0 unspecified atom stereocenters. The van der Waals surface area contributed by atoms with Crippen LogP contribution in [0.1, 0.15) is 10.4 Å². The summed E-state index contributed by atoms with van der Waals surface area (Å²) in [5, 5.41) is 8.58. The molecule has 2 N–H and O–H groups in total. The molecule has 0 heterocycles. The van der Waals surface area contributed by atoms with Crippen molar-refractivity contribution in [2.24, 2.45) is 0 Å². The fourth-order valence-corrected chi connectivity index (χ4v) is 1.64. The first-order valence-electron chi connectivity index (χ1n) is 4.29. The average Bonchev–Trinajstić information content (AvgIpc) is 2.28. The smallest absolute Gasteiger partial charge is 0.339 e. The van der Waals surface area contributed by atoms with Crippen molar-refractivity contribution in [1.82, 2.24) is 0 Å². The lowest BCUT2D eigenvalue weighted by molar-refractivity contribution is 0.0602. The van der Waals surface area contributed by atoms with E-state index in [0.717, 1.165) is 0 Å². The van der Waals surface area contributed by atoms with Crippen molar-refractivity contribution in [2.45, 2.75) is 0 Å². The Hall–Kier alpha value is -1.60. The highest BCUT2D eigenvalue weighted by molar-refractivity contribution is 7.92. The molecule has 7 heteroatoms. The van der Waals surface area contributed by atoms with Gasteiger partial charge >= 0.3 is 5.97 Å². The highest BCUT2D eigenvalue weighted by atomic mass is 32.2. The minimum atomic E-state index is -3.84. The lowest BCUT2D eigenvalue weighted by Crippen LogP contribution is -2.18. The standard InChI is InChI=1S/C9H11NO5S/c1-15-9(12)7-4-2-3-5-8(7)10-16(13,14)6-11/h2-5,10-11H,6H2,1H3. The second-order valence-corrected chi connectivity index (χ2v) is 4.57. The lowest BCUT2D eigenvalue weighted by atomic mass is 10.2. The molecule has 88 valence electrons. The van der Waals surface area contributed by atoms with Gasteiger partial charge in [-0.3, -0.25) is 4.72 Å². The molecule has 1 aromatic rings. The number of carbonyl (C=O) groups excluding carboxylic acids is 1. The fourth-order valence-electron chi connectivity index (χ4n) is 1.06. The molecule has 0 saturated carbocycles. The number of benzene rings is 1. The number of rotatable bonds is 4. The van der Waals surface area contributed by atoms with E-state index in [1.807, 2.05) is 0 Å². The van der Waals surface area contributed by atoms with E-state index in [2.05, 4.69) is 9.46 Å². The quantitative estimate of drug-likeness (QED) is 0.737. The predicted molar refractivity (Wildman–Crippen MR) is 57.4 cm³/mol. The highest BCUT2D eigenvalue weighted by Crippen LogP contribution is 2.17. The number of nitrogens with one attached hydrogen (secondary N) is 1. The van der Waals surface area contributed by atoms with Crippen LogP contribution in [0.3, 0.4) is 0 Å². The Balaban J connectivity index is 3.10. The van der Waals surface area contributed by atoms with Gasteiger partial charge in [0.15, 0.2) is 5.94 Å². The van der Waals surface area contributed by atoms with Crippen molar-refractivity contribution >= 4 is 21.7 Å². The summed E-state index contributed by atoms with van der Waals surface area (Å²) in [5.41, 5.74) is 0.158. The molecule has 0 fully saturated rings. The third kappa shape index (κ3) is 2.94. The SMILES string of the molecule is COC(=O)c1ccccc1NS(=O)(=O)CO. The van der Waals surface area contributed by atoms with Crippen molar-refractivity contribution in [1.29, 1.82) is 0 Å². The average molecular weight is 245 g/mol. The third-order valence-electron chi connectivity index (χ3n) is 1.77. The number of methoxy groups -OCH3 is 1. The van der Waals surface area contributed by atoms with Crippen molar-refractivity contribution in [3.05, 3.63) is 29.8 Å². The number of hydrogen-bond donors (Lipinski definition) is 2. The topological polar surface area (TPSA) is 92.7 Å². The van der Waals surface area contributed by atoms with Crippen LogP contribution >= 0.6 is 0 Å². The minimum absolute atomic E-state index is 0.0726. The Labute approximate surface area is 92.9 Å². The van der Waals surface area contributed by atoms with Crippen LogP contribution in [0.2, 0.25) is 0 Å². The van der Waals surface area contributed by atoms with E-state index in [0.29, 0.717) is 0 Å². The number of hydrogen-bond acceptors (Lipinski definition) is 5. The van der Waals surface area contributed by atoms with E-state index >= 15 is 0 Å². The Bertz CT molecular complexity index is 482. The van der Waals surface area contributed by atoms with Gasteiger partial charge in [-0.25, -0.2) is 13.2 Å². The van der Waals surface area contributed by atoms with Crippen LogP contribution in [-0.4, -0.2) is 32.5 Å². The van der Waals surface area contributed by atoms with E-state index in [4.69, 9.17) is 5.11 Å². The Morgan fingerprint density at radius 1 is 1.44 bits per heavy atom. The van der Waals surface area contributed by atoms with Gasteiger partial charge in [-0.2, -0.15) is 0 Å². The maximum atomic E-state index is 11.3. The molecule has 0 atom stereocenters. The van der Waals surface area contributed by atoms with Crippen LogP contribution in [0, 0.1) is 0 Å². The van der Waals surface area contributed by atoms with Crippen molar-refractivity contribution in [2.75, 3.05) is 17.8 Å². The second-order valence-electron chi connectivity index (χ2n) is 2.88. The van der Waals surface area contributed by atoms with Crippen molar-refractivity contribution in [3.8, 4) is 0 Å². The zero-order valence-corrected chi connectivity index (χ0v) is 9.32. The van der Waals surface area contributed by atoms with Gasteiger partial charge in [0.25, 0.3) is 10.0 Å². The first-order valence-corrected chi connectivity index (χ1v) is 5.94. The maximum absolute atomic E-state index is 11.3. The Morgan fingerprint density at radius 2 is 2.06 bits per heavy atom. The second kappa shape index (κ2) is 4.95. The van der Waals surface area contributed by atoms with Crippen molar-refractivity contribution in [3.63, 3.8) is 0 Å². The van der Waals surface area contributed by atoms with Gasteiger partial charge in [0.1, 0.15) is 0 Å². The molecular weight excluding hydrogens is 234 g/mol. The largest absolute Gasteiger partial charge is 0.465 e. The van der Waals surface area contributed by atoms with Gasteiger partial charge in [-0.1, -0.05) is 12.1 Å². The lowest BCUT2D eigenvalue weighted by Gasteiger charge is -2.09. The number of esters is 1. The molecule has 1 rings (SSSR count). The van der Waals surface area contributed by atoms with E-state index in [1.165, 1.54) is 19.2 Å². The molecule has 0 amide bonds. The normalized spacial score (nSPS) is 10.9.